The summed E-state index contributed by atoms with van der Waals surface area (Å²) in [7, 11) is 0. The molecular formula is C18H21NO4. The van der Waals surface area contributed by atoms with Gasteiger partial charge in [-0.1, -0.05) is 37.5 Å². The van der Waals surface area contributed by atoms with E-state index in [2.05, 4.69) is 5.32 Å². The molecule has 1 heterocycles. The molecule has 1 aliphatic heterocycles. The Bertz CT molecular complexity index is 638. The van der Waals surface area contributed by atoms with Crippen molar-refractivity contribution in [3.8, 4) is 5.75 Å². The van der Waals surface area contributed by atoms with Crippen LogP contribution in [0.2, 0.25) is 0 Å². The van der Waals surface area contributed by atoms with E-state index in [0.29, 0.717) is 18.4 Å². The third-order valence-electron chi connectivity index (χ3n) is 4.57. The van der Waals surface area contributed by atoms with Gasteiger partial charge in [-0.05, 0) is 25.0 Å². The Labute approximate surface area is 135 Å². The van der Waals surface area contributed by atoms with Crippen LogP contribution in [0.3, 0.4) is 0 Å². The molecule has 3 rings (SSSR count). The molecule has 1 saturated carbocycles. The second-order valence-electron chi connectivity index (χ2n) is 6.16. The highest BCUT2D eigenvalue weighted by Gasteiger charge is 2.31. The lowest BCUT2D eigenvalue weighted by atomic mass is 9.94. The van der Waals surface area contributed by atoms with Crippen LogP contribution in [0, 0.1) is 5.92 Å². The first-order valence-corrected chi connectivity index (χ1v) is 8.11. The summed E-state index contributed by atoms with van der Waals surface area (Å²) >= 11 is 0. The molecule has 0 saturated heterocycles. The minimum Gasteiger partial charge on any atom is -0.488 e. The fourth-order valence-corrected chi connectivity index (χ4v) is 3.28. The maximum Gasteiger partial charge on any atom is 0.308 e. The molecule has 1 fully saturated rings. The van der Waals surface area contributed by atoms with E-state index in [4.69, 9.17) is 4.74 Å². The predicted molar refractivity (Wildman–Crippen MR) is 86.1 cm³/mol. The Morgan fingerprint density at radius 1 is 1.13 bits per heavy atom. The van der Waals surface area contributed by atoms with Crippen molar-refractivity contribution in [3.63, 3.8) is 0 Å². The van der Waals surface area contributed by atoms with Gasteiger partial charge in [0.25, 0.3) is 5.91 Å². The molecule has 0 radical (unpaired) electrons. The van der Waals surface area contributed by atoms with Gasteiger partial charge < -0.3 is 15.2 Å². The summed E-state index contributed by atoms with van der Waals surface area (Å²) in [6.45, 7) is 0.216. The van der Waals surface area contributed by atoms with Crippen LogP contribution < -0.4 is 10.1 Å². The molecular weight excluding hydrogens is 294 g/mol. The maximum atomic E-state index is 12.5. The topological polar surface area (TPSA) is 75.6 Å². The number of amides is 1. The standard InChI is InChI=1S/C18H21NO4/c20-17(13-10-12-6-4-5-9-16(12)23-11-13)19-15-8-3-1-2-7-14(15)18(21)22/h4-6,9-10,14-15H,1-3,7-8,11H2,(H,19,20)(H,21,22)/t14-,15+/m1/s1. The van der Waals surface area contributed by atoms with Crippen LogP contribution in [0.4, 0.5) is 0 Å². The van der Waals surface area contributed by atoms with Crippen LogP contribution in [0.15, 0.2) is 29.8 Å². The molecule has 1 aliphatic carbocycles. The number of aliphatic carboxylic acids is 1. The van der Waals surface area contributed by atoms with Gasteiger partial charge in [0.1, 0.15) is 12.4 Å². The highest BCUT2D eigenvalue weighted by atomic mass is 16.5. The molecule has 23 heavy (non-hydrogen) atoms. The zero-order chi connectivity index (χ0) is 16.2. The molecule has 1 aromatic carbocycles. The Morgan fingerprint density at radius 3 is 2.74 bits per heavy atom. The van der Waals surface area contributed by atoms with Crippen LogP contribution in [-0.4, -0.2) is 29.6 Å². The van der Waals surface area contributed by atoms with Crippen molar-refractivity contribution in [2.75, 3.05) is 6.61 Å². The molecule has 1 amide bonds. The van der Waals surface area contributed by atoms with E-state index in [1.807, 2.05) is 30.3 Å². The lowest BCUT2D eigenvalue weighted by molar-refractivity contribution is -0.143. The number of hydrogen-bond donors (Lipinski definition) is 2. The number of fused-ring (bicyclic) bond motifs is 1. The number of carbonyl (C=O) groups excluding carboxylic acids is 1. The number of carboxylic acid groups (broad SMARTS) is 1. The second kappa shape index (κ2) is 6.86. The van der Waals surface area contributed by atoms with E-state index in [1.54, 1.807) is 0 Å². The summed E-state index contributed by atoms with van der Waals surface area (Å²) < 4.78 is 5.60. The molecule has 2 aliphatic rings. The van der Waals surface area contributed by atoms with E-state index in [9.17, 15) is 14.7 Å². The minimum absolute atomic E-state index is 0.216. The first kappa shape index (κ1) is 15.6. The van der Waals surface area contributed by atoms with Crippen LogP contribution in [0.25, 0.3) is 6.08 Å². The van der Waals surface area contributed by atoms with Crippen LogP contribution in [0.1, 0.15) is 37.7 Å². The first-order valence-electron chi connectivity index (χ1n) is 8.11. The lowest BCUT2D eigenvalue weighted by Crippen LogP contribution is -2.44. The van der Waals surface area contributed by atoms with E-state index < -0.39 is 11.9 Å². The lowest BCUT2D eigenvalue weighted by Gasteiger charge is -2.24. The van der Waals surface area contributed by atoms with E-state index in [1.165, 1.54) is 0 Å². The summed E-state index contributed by atoms with van der Waals surface area (Å²) in [4.78, 5) is 24.0. The molecule has 2 atom stereocenters. The van der Waals surface area contributed by atoms with Gasteiger partial charge in [0.15, 0.2) is 0 Å². The zero-order valence-corrected chi connectivity index (χ0v) is 13.0. The van der Waals surface area contributed by atoms with Gasteiger partial charge in [0, 0.05) is 11.6 Å². The van der Waals surface area contributed by atoms with Crippen molar-refractivity contribution in [3.05, 3.63) is 35.4 Å². The molecule has 5 nitrogen and oxygen atoms in total. The SMILES string of the molecule is O=C(N[C@H]1CCCCC[C@H]1C(=O)O)C1=Cc2ccccc2OC1. The molecule has 0 unspecified atom stereocenters. The molecule has 0 bridgehead atoms. The van der Waals surface area contributed by atoms with Crippen molar-refractivity contribution in [2.45, 2.75) is 38.1 Å². The van der Waals surface area contributed by atoms with Gasteiger partial charge in [0.05, 0.1) is 11.5 Å². The van der Waals surface area contributed by atoms with Gasteiger partial charge in [-0.3, -0.25) is 9.59 Å². The van der Waals surface area contributed by atoms with Crippen LogP contribution >= 0.6 is 0 Å². The summed E-state index contributed by atoms with van der Waals surface area (Å²) in [5, 5.41) is 12.3. The summed E-state index contributed by atoms with van der Waals surface area (Å²) in [5.74, 6) is -0.783. The van der Waals surface area contributed by atoms with Crippen molar-refractivity contribution < 1.29 is 19.4 Å². The first-order chi connectivity index (χ1) is 11.1. The predicted octanol–water partition coefficient (Wildman–Crippen LogP) is 2.61. The summed E-state index contributed by atoms with van der Waals surface area (Å²) in [6.07, 6.45) is 6.04. The zero-order valence-electron chi connectivity index (χ0n) is 13.0. The number of ether oxygens (including phenoxy) is 1. The molecule has 2 N–H and O–H groups in total. The minimum atomic E-state index is -0.823. The fraction of sp³-hybridized carbons (Fsp3) is 0.444. The van der Waals surface area contributed by atoms with Crippen LogP contribution in [0.5, 0.6) is 5.75 Å². The van der Waals surface area contributed by atoms with Crippen molar-refractivity contribution in [1.82, 2.24) is 5.32 Å². The van der Waals surface area contributed by atoms with Gasteiger partial charge in [0.2, 0.25) is 0 Å². The average Bonchev–Trinajstić information content (AvgIpc) is 2.80. The summed E-state index contributed by atoms with van der Waals surface area (Å²) in [5.41, 5.74) is 1.41. The van der Waals surface area contributed by atoms with Crippen LogP contribution in [-0.2, 0) is 9.59 Å². The second-order valence-corrected chi connectivity index (χ2v) is 6.16. The Kier molecular flexibility index (Phi) is 4.65. The third kappa shape index (κ3) is 3.55. The molecule has 5 heteroatoms. The number of para-hydroxylation sites is 1. The number of carboxylic acids is 1. The number of benzene rings is 1. The quantitative estimate of drug-likeness (QED) is 0.841. The smallest absolute Gasteiger partial charge is 0.308 e. The third-order valence-corrected chi connectivity index (χ3v) is 4.57. The van der Waals surface area contributed by atoms with Crippen molar-refractivity contribution in [1.29, 1.82) is 0 Å². The number of carbonyl (C=O) groups is 2. The number of nitrogens with one attached hydrogen (secondary N) is 1. The normalized spacial score (nSPS) is 23.7. The average molecular weight is 315 g/mol. The van der Waals surface area contributed by atoms with Gasteiger partial charge in [-0.2, -0.15) is 0 Å². The summed E-state index contributed by atoms with van der Waals surface area (Å²) in [6, 6.07) is 7.24. The highest BCUT2D eigenvalue weighted by Crippen LogP contribution is 2.27. The monoisotopic (exact) mass is 315 g/mol. The van der Waals surface area contributed by atoms with E-state index in [-0.39, 0.29) is 18.6 Å². The van der Waals surface area contributed by atoms with Gasteiger partial charge >= 0.3 is 5.97 Å². The van der Waals surface area contributed by atoms with Gasteiger partial charge in [-0.25, -0.2) is 0 Å². The highest BCUT2D eigenvalue weighted by molar-refractivity contribution is 5.99. The Balaban J connectivity index is 1.73. The number of rotatable bonds is 3. The van der Waals surface area contributed by atoms with Crippen molar-refractivity contribution in [2.24, 2.45) is 5.92 Å². The number of hydrogen-bond acceptors (Lipinski definition) is 3. The molecule has 1 aromatic rings. The molecule has 122 valence electrons. The van der Waals surface area contributed by atoms with Crippen molar-refractivity contribution >= 4 is 18.0 Å². The Hall–Kier alpha value is -2.30. The Morgan fingerprint density at radius 2 is 1.91 bits per heavy atom. The largest absolute Gasteiger partial charge is 0.488 e. The molecule has 0 spiro atoms. The van der Waals surface area contributed by atoms with E-state index in [0.717, 1.165) is 30.6 Å². The van der Waals surface area contributed by atoms with Gasteiger partial charge in [-0.15, -0.1) is 0 Å². The maximum absolute atomic E-state index is 12.5. The fourth-order valence-electron chi connectivity index (χ4n) is 3.28. The van der Waals surface area contributed by atoms with E-state index >= 15 is 0 Å². The molecule has 0 aromatic heterocycles.